The maximum atomic E-state index is 2.43. The highest BCUT2D eigenvalue weighted by Gasteiger charge is 2.26. The van der Waals surface area contributed by atoms with Crippen LogP contribution in [0.15, 0.2) is 23.8 Å². The van der Waals surface area contributed by atoms with E-state index in [4.69, 9.17) is 0 Å². The molecule has 0 heteroatoms. The molecule has 0 rings (SSSR count). The molecule has 0 aromatic rings. The molecule has 0 aromatic carbocycles. The van der Waals surface area contributed by atoms with Gasteiger partial charge in [0, 0.05) is 0 Å². The summed E-state index contributed by atoms with van der Waals surface area (Å²) in [7, 11) is 0. The Morgan fingerprint density at radius 2 is 1.72 bits per heavy atom. The smallest absolute Gasteiger partial charge is 0.0119 e. The molecule has 0 spiro atoms. The lowest BCUT2D eigenvalue weighted by molar-refractivity contribution is 0.287. The molecule has 0 heterocycles. The van der Waals surface area contributed by atoms with Gasteiger partial charge in [-0.05, 0) is 37.5 Å². The van der Waals surface area contributed by atoms with Crippen LogP contribution in [0.3, 0.4) is 0 Å². The van der Waals surface area contributed by atoms with Gasteiger partial charge in [0.15, 0.2) is 0 Å². The van der Waals surface area contributed by atoms with Gasteiger partial charge in [-0.15, -0.1) is 0 Å². The standard InChI is InChI=1S/C18H34/c1-7-9-11-12-13-15-17(4)18(5,6)16(3)14-10-8-2/h12-14,17H,7-11,15H2,1-6H3. The van der Waals surface area contributed by atoms with Gasteiger partial charge >= 0.3 is 0 Å². The van der Waals surface area contributed by atoms with Gasteiger partial charge in [-0.25, -0.2) is 0 Å². The first-order valence-corrected chi connectivity index (χ1v) is 7.79. The molecule has 0 aromatic heterocycles. The fourth-order valence-corrected chi connectivity index (χ4v) is 2.05. The summed E-state index contributed by atoms with van der Waals surface area (Å²) in [6, 6.07) is 0. The van der Waals surface area contributed by atoms with Crippen LogP contribution in [0.25, 0.3) is 0 Å². The van der Waals surface area contributed by atoms with Crippen LogP contribution in [0.5, 0.6) is 0 Å². The van der Waals surface area contributed by atoms with Crippen molar-refractivity contribution in [2.24, 2.45) is 11.3 Å². The van der Waals surface area contributed by atoms with Crippen molar-refractivity contribution in [1.82, 2.24) is 0 Å². The average molecular weight is 250 g/mol. The van der Waals surface area contributed by atoms with Crippen LogP contribution in [0.1, 0.15) is 80.1 Å². The molecule has 0 aliphatic heterocycles. The van der Waals surface area contributed by atoms with E-state index in [0.29, 0.717) is 11.3 Å². The summed E-state index contributed by atoms with van der Waals surface area (Å²) in [5.41, 5.74) is 1.88. The molecule has 0 amide bonds. The Morgan fingerprint density at radius 3 is 2.28 bits per heavy atom. The van der Waals surface area contributed by atoms with Gasteiger partial charge < -0.3 is 0 Å². The first kappa shape index (κ1) is 17.5. The third kappa shape index (κ3) is 6.42. The van der Waals surface area contributed by atoms with Gasteiger partial charge in [0.1, 0.15) is 0 Å². The van der Waals surface area contributed by atoms with Crippen molar-refractivity contribution in [3.8, 4) is 0 Å². The molecule has 0 radical (unpaired) electrons. The summed E-state index contributed by atoms with van der Waals surface area (Å²) in [5.74, 6) is 0.712. The normalized spacial score (nSPS) is 15.3. The van der Waals surface area contributed by atoms with Crippen LogP contribution >= 0.6 is 0 Å². The maximum absolute atomic E-state index is 2.43. The predicted molar refractivity (Wildman–Crippen MR) is 84.9 cm³/mol. The summed E-state index contributed by atoms with van der Waals surface area (Å²) >= 11 is 0. The monoisotopic (exact) mass is 250 g/mol. The summed E-state index contributed by atoms with van der Waals surface area (Å²) in [5, 5.41) is 0. The van der Waals surface area contributed by atoms with E-state index >= 15 is 0 Å². The predicted octanol–water partition coefficient (Wildman–Crippen LogP) is 6.53. The lowest BCUT2D eigenvalue weighted by Gasteiger charge is -2.33. The van der Waals surface area contributed by atoms with E-state index in [9.17, 15) is 0 Å². The van der Waals surface area contributed by atoms with E-state index in [1.165, 1.54) is 38.5 Å². The van der Waals surface area contributed by atoms with Crippen molar-refractivity contribution in [2.45, 2.75) is 80.1 Å². The maximum Gasteiger partial charge on any atom is -0.0119 e. The van der Waals surface area contributed by atoms with Crippen molar-refractivity contribution in [1.29, 1.82) is 0 Å². The second-order valence-electron chi connectivity index (χ2n) is 6.15. The van der Waals surface area contributed by atoms with E-state index in [0.717, 1.165) is 0 Å². The Morgan fingerprint density at radius 1 is 1.06 bits per heavy atom. The average Bonchev–Trinajstić information content (AvgIpc) is 2.35. The molecule has 18 heavy (non-hydrogen) atoms. The quantitative estimate of drug-likeness (QED) is 0.322. The molecule has 0 fully saturated rings. The van der Waals surface area contributed by atoms with Gasteiger partial charge in [0.05, 0.1) is 0 Å². The van der Waals surface area contributed by atoms with Crippen molar-refractivity contribution in [3.05, 3.63) is 23.8 Å². The topological polar surface area (TPSA) is 0 Å². The third-order valence-corrected chi connectivity index (χ3v) is 4.37. The lowest BCUT2D eigenvalue weighted by atomic mass is 9.72. The molecule has 1 atom stereocenters. The Hall–Kier alpha value is -0.520. The number of allylic oxidation sites excluding steroid dienone is 4. The van der Waals surface area contributed by atoms with Gasteiger partial charge in [0.25, 0.3) is 0 Å². The zero-order valence-corrected chi connectivity index (χ0v) is 13.6. The highest BCUT2D eigenvalue weighted by molar-refractivity contribution is 5.11. The Balaban J connectivity index is 4.28. The lowest BCUT2D eigenvalue weighted by Crippen LogP contribution is -2.22. The summed E-state index contributed by atoms with van der Waals surface area (Å²) in [6.45, 7) is 14.0. The van der Waals surface area contributed by atoms with Crippen LogP contribution < -0.4 is 0 Å². The minimum absolute atomic E-state index is 0.324. The molecule has 106 valence electrons. The molecule has 0 bridgehead atoms. The molecule has 0 aliphatic carbocycles. The van der Waals surface area contributed by atoms with E-state index < -0.39 is 0 Å². The second-order valence-corrected chi connectivity index (χ2v) is 6.15. The molecular weight excluding hydrogens is 216 g/mol. The SMILES string of the molecule is CCCC=C(C)C(C)(C)C(C)CC=CCCCC. The molecule has 1 unspecified atom stereocenters. The Kier molecular flexibility index (Phi) is 9.14. The van der Waals surface area contributed by atoms with Crippen molar-refractivity contribution in [3.63, 3.8) is 0 Å². The first-order chi connectivity index (χ1) is 8.46. The highest BCUT2D eigenvalue weighted by Crippen LogP contribution is 2.37. The largest absolute Gasteiger partial charge is 0.0885 e. The zero-order valence-electron chi connectivity index (χ0n) is 13.6. The van der Waals surface area contributed by atoms with Crippen LogP contribution in [0, 0.1) is 11.3 Å². The minimum Gasteiger partial charge on any atom is -0.0885 e. The Bertz CT molecular complexity index is 255. The number of hydrogen-bond donors (Lipinski definition) is 0. The van der Waals surface area contributed by atoms with E-state index in [-0.39, 0.29) is 0 Å². The minimum atomic E-state index is 0.324. The van der Waals surface area contributed by atoms with E-state index in [1.54, 1.807) is 5.57 Å². The number of unbranched alkanes of at least 4 members (excludes halogenated alkanes) is 3. The van der Waals surface area contributed by atoms with Crippen molar-refractivity contribution in [2.75, 3.05) is 0 Å². The number of rotatable bonds is 9. The number of hydrogen-bond acceptors (Lipinski definition) is 0. The first-order valence-electron chi connectivity index (χ1n) is 7.79. The van der Waals surface area contributed by atoms with E-state index in [1.807, 2.05) is 0 Å². The second kappa shape index (κ2) is 9.42. The van der Waals surface area contributed by atoms with Crippen LogP contribution in [0.2, 0.25) is 0 Å². The molecule has 0 aliphatic rings. The molecule has 0 nitrogen and oxygen atoms in total. The molecule has 0 N–H and O–H groups in total. The van der Waals surface area contributed by atoms with Crippen molar-refractivity contribution < 1.29 is 0 Å². The Labute approximate surface area is 116 Å². The molecule has 0 saturated carbocycles. The fraction of sp³-hybridized carbons (Fsp3) is 0.778. The highest BCUT2D eigenvalue weighted by atomic mass is 14.3. The fourth-order valence-electron chi connectivity index (χ4n) is 2.05. The van der Waals surface area contributed by atoms with E-state index in [2.05, 4.69) is 59.8 Å². The van der Waals surface area contributed by atoms with Gasteiger partial charge in [-0.3, -0.25) is 0 Å². The summed E-state index contributed by atoms with van der Waals surface area (Å²) in [6.07, 6.45) is 14.7. The van der Waals surface area contributed by atoms with Crippen LogP contribution in [-0.4, -0.2) is 0 Å². The summed E-state index contributed by atoms with van der Waals surface area (Å²) < 4.78 is 0. The van der Waals surface area contributed by atoms with Crippen LogP contribution in [-0.2, 0) is 0 Å². The zero-order chi connectivity index (χ0) is 14.0. The van der Waals surface area contributed by atoms with Gasteiger partial charge in [0.2, 0.25) is 0 Å². The van der Waals surface area contributed by atoms with Crippen LogP contribution in [0.4, 0.5) is 0 Å². The molecule has 0 saturated heterocycles. The van der Waals surface area contributed by atoms with Crippen molar-refractivity contribution >= 4 is 0 Å². The van der Waals surface area contributed by atoms with Gasteiger partial charge in [-0.1, -0.05) is 77.7 Å². The summed E-state index contributed by atoms with van der Waals surface area (Å²) in [4.78, 5) is 0. The van der Waals surface area contributed by atoms with Gasteiger partial charge in [-0.2, -0.15) is 0 Å². The third-order valence-electron chi connectivity index (χ3n) is 4.37. The molecular formula is C18H34.